The molecule has 3 heteroatoms. The first-order chi connectivity index (χ1) is 3.13. The summed E-state index contributed by atoms with van der Waals surface area (Å²) in [4.78, 5) is 0. The van der Waals surface area contributed by atoms with E-state index in [-0.39, 0.29) is 0 Å². The van der Waals surface area contributed by atoms with Crippen LogP contribution in [-0.2, 0) is 0 Å². The lowest BCUT2D eigenvalue weighted by Gasteiger charge is -2.04. The molecule has 0 amide bonds. The number of rotatable bonds is 2. The molecule has 0 bridgehead atoms. The Morgan fingerprint density at radius 1 is 1.57 bits per heavy atom. The zero-order valence-electron chi connectivity index (χ0n) is 4.59. The molecule has 1 atom stereocenters. The van der Waals surface area contributed by atoms with Crippen molar-refractivity contribution in [3.63, 3.8) is 0 Å². The molecule has 0 radical (unpaired) electrons. The van der Waals surface area contributed by atoms with Gasteiger partial charge in [0.1, 0.15) is 0 Å². The Morgan fingerprint density at radius 3 is 2.00 bits per heavy atom. The number of aliphatic hydroxyl groups excluding tert-OH is 1. The van der Waals surface area contributed by atoms with Crippen LogP contribution in [0.2, 0.25) is 0 Å². The summed E-state index contributed by atoms with van der Waals surface area (Å²) in [6.07, 6.45) is 0. The maximum atomic E-state index is 8.46. The molecule has 0 aromatic heterocycles. The third kappa shape index (κ3) is 6.27. The Bertz CT molecular complexity index is 41.0. The molecule has 0 unspecified atom stereocenters. The molecular formula is C4H11NOS. The van der Waals surface area contributed by atoms with Crippen molar-refractivity contribution in [1.82, 2.24) is 0 Å². The van der Waals surface area contributed by atoms with Crippen LogP contribution in [0.15, 0.2) is 0 Å². The van der Waals surface area contributed by atoms with Gasteiger partial charge in [0.2, 0.25) is 0 Å². The number of hydrogen-bond donors (Lipinski definition) is 2. The summed E-state index contributed by atoms with van der Waals surface area (Å²) in [7, 11) is 0. The minimum absolute atomic E-state index is 0.417. The predicted molar refractivity (Wildman–Crippen MR) is 32.9 cm³/mol. The Hall–Kier alpha value is 0.270. The van der Waals surface area contributed by atoms with Crippen molar-refractivity contribution >= 4 is 11.8 Å². The molecule has 3 N–H and O–H groups in total. The van der Waals surface area contributed by atoms with E-state index in [2.05, 4.69) is 0 Å². The van der Waals surface area contributed by atoms with Gasteiger partial charge >= 0.3 is 0 Å². The fourth-order valence-corrected chi connectivity index (χ4v) is 0.837. The quantitative estimate of drug-likeness (QED) is 0.519. The molecule has 0 rings (SSSR count). The largest absolute Gasteiger partial charge is 0.369 e. The summed E-state index contributed by atoms with van der Waals surface area (Å²) in [6.45, 7) is 3.97. The van der Waals surface area contributed by atoms with E-state index in [1.807, 2.05) is 13.8 Å². The molecule has 7 heavy (non-hydrogen) atoms. The topological polar surface area (TPSA) is 46.2 Å². The third-order valence-corrected chi connectivity index (χ3v) is 1.23. The first kappa shape index (κ1) is 7.27. The Balaban J connectivity index is 2.95. The van der Waals surface area contributed by atoms with Gasteiger partial charge in [-0.05, 0) is 0 Å². The van der Waals surface area contributed by atoms with Gasteiger partial charge in [0.05, 0.1) is 0 Å². The predicted octanol–water partition coefficient (Wildman–Crippen LogP) is 0.363. The molecule has 0 aromatic rings. The van der Waals surface area contributed by atoms with E-state index in [1.165, 1.54) is 11.8 Å². The minimum atomic E-state index is -0.708. The van der Waals surface area contributed by atoms with Crippen LogP contribution in [0, 0.1) is 0 Å². The van der Waals surface area contributed by atoms with Gasteiger partial charge in [0.15, 0.2) is 5.56 Å². The summed E-state index contributed by atoms with van der Waals surface area (Å²) in [5.74, 6) is 0. The van der Waals surface area contributed by atoms with Crippen molar-refractivity contribution in [2.75, 3.05) is 0 Å². The van der Waals surface area contributed by atoms with Crippen LogP contribution in [0.4, 0.5) is 0 Å². The van der Waals surface area contributed by atoms with Crippen molar-refractivity contribution < 1.29 is 5.11 Å². The Kier molecular flexibility index (Phi) is 3.42. The van der Waals surface area contributed by atoms with Crippen molar-refractivity contribution in [3.8, 4) is 0 Å². The lowest BCUT2D eigenvalue weighted by Crippen LogP contribution is -2.15. The van der Waals surface area contributed by atoms with E-state index < -0.39 is 5.56 Å². The molecule has 0 aliphatic carbocycles. The molecule has 0 aliphatic rings. The molecule has 0 fully saturated rings. The maximum Gasteiger partial charge on any atom is 0.150 e. The molecule has 0 aromatic carbocycles. The van der Waals surface area contributed by atoms with Crippen LogP contribution in [0.3, 0.4) is 0 Å². The fourth-order valence-electron chi connectivity index (χ4n) is 0.279. The second-order valence-electron chi connectivity index (χ2n) is 1.58. The van der Waals surface area contributed by atoms with E-state index in [0.717, 1.165) is 0 Å². The van der Waals surface area contributed by atoms with Gasteiger partial charge < -0.3 is 5.11 Å². The van der Waals surface area contributed by atoms with E-state index in [0.29, 0.717) is 5.25 Å². The average molecular weight is 121 g/mol. The standard InChI is InChI=1S/C4H11NOS/c1-3(2)7-4(5)6/h3-4,6H,5H2,1-2H3/t4-/m0/s1. The number of aliphatic hydroxyl groups is 1. The molecular weight excluding hydrogens is 110 g/mol. The fraction of sp³-hybridized carbons (Fsp3) is 1.00. The van der Waals surface area contributed by atoms with Crippen LogP contribution in [0.1, 0.15) is 13.8 Å². The molecule has 0 saturated heterocycles. The zero-order valence-corrected chi connectivity index (χ0v) is 5.40. The van der Waals surface area contributed by atoms with Crippen molar-refractivity contribution in [2.24, 2.45) is 5.73 Å². The highest BCUT2D eigenvalue weighted by Crippen LogP contribution is 2.09. The van der Waals surface area contributed by atoms with E-state index >= 15 is 0 Å². The molecule has 0 saturated carbocycles. The summed E-state index contributed by atoms with van der Waals surface area (Å²) in [6, 6.07) is 0. The minimum Gasteiger partial charge on any atom is -0.369 e. The van der Waals surface area contributed by atoms with Gasteiger partial charge in [-0.2, -0.15) is 0 Å². The van der Waals surface area contributed by atoms with Crippen molar-refractivity contribution in [1.29, 1.82) is 0 Å². The summed E-state index contributed by atoms with van der Waals surface area (Å²) in [5, 5.41) is 8.88. The summed E-state index contributed by atoms with van der Waals surface area (Å²) < 4.78 is 0. The third-order valence-electron chi connectivity index (χ3n) is 0.412. The second-order valence-corrected chi connectivity index (χ2v) is 3.27. The highest BCUT2D eigenvalue weighted by Gasteiger charge is 1.97. The number of nitrogens with two attached hydrogens (primary N) is 1. The smallest absolute Gasteiger partial charge is 0.150 e. The van der Waals surface area contributed by atoms with Crippen molar-refractivity contribution in [2.45, 2.75) is 24.7 Å². The highest BCUT2D eigenvalue weighted by molar-refractivity contribution is 8.00. The first-order valence-electron chi connectivity index (χ1n) is 2.22. The van der Waals surface area contributed by atoms with Gasteiger partial charge in [-0.1, -0.05) is 13.8 Å². The maximum absolute atomic E-state index is 8.46. The van der Waals surface area contributed by atoms with E-state index in [4.69, 9.17) is 10.8 Å². The summed E-state index contributed by atoms with van der Waals surface area (Å²) >= 11 is 1.34. The lowest BCUT2D eigenvalue weighted by molar-refractivity contribution is 0.271. The van der Waals surface area contributed by atoms with Crippen LogP contribution in [0.5, 0.6) is 0 Å². The highest BCUT2D eigenvalue weighted by atomic mass is 32.2. The van der Waals surface area contributed by atoms with E-state index in [9.17, 15) is 0 Å². The SMILES string of the molecule is CC(C)S[C@@H](N)O. The second kappa shape index (κ2) is 3.29. The molecule has 0 spiro atoms. The van der Waals surface area contributed by atoms with Crippen molar-refractivity contribution in [3.05, 3.63) is 0 Å². The van der Waals surface area contributed by atoms with Crippen LogP contribution in [-0.4, -0.2) is 15.9 Å². The van der Waals surface area contributed by atoms with Crippen LogP contribution in [0.25, 0.3) is 0 Å². The van der Waals surface area contributed by atoms with Gasteiger partial charge in [-0.25, -0.2) is 0 Å². The Labute approximate surface area is 48.1 Å². The van der Waals surface area contributed by atoms with Gasteiger partial charge in [0, 0.05) is 5.25 Å². The van der Waals surface area contributed by atoms with Gasteiger partial charge in [0.25, 0.3) is 0 Å². The van der Waals surface area contributed by atoms with Gasteiger partial charge in [-0.3, -0.25) is 5.73 Å². The first-order valence-corrected chi connectivity index (χ1v) is 3.16. The molecule has 44 valence electrons. The average Bonchev–Trinajstić information content (AvgIpc) is 1.27. The molecule has 2 nitrogen and oxygen atoms in total. The Morgan fingerprint density at radius 2 is 2.00 bits per heavy atom. The van der Waals surface area contributed by atoms with Gasteiger partial charge in [-0.15, -0.1) is 11.8 Å². The number of thioether (sulfide) groups is 1. The number of hydrogen-bond acceptors (Lipinski definition) is 3. The molecule has 0 heterocycles. The molecule has 0 aliphatic heterocycles. The van der Waals surface area contributed by atoms with Crippen LogP contribution < -0.4 is 5.73 Å². The lowest BCUT2D eigenvalue weighted by atomic mass is 10.6. The van der Waals surface area contributed by atoms with E-state index in [1.54, 1.807) is 0 Å². The zero-order chi connectivity index (χ0) is 5.86. The van der Waals surface area contributed by atoms with Crippen LogP contribution >= 0.6 is 11.8 Å². The monoisotopic (exact) mass is 121 g/mol. The normalized spacial score (nSPS) is 15.0. The summed E-state index contributed by atoms with van der Waals surface area (Å²) in [5.41, 5.74) is 4.30.